The van der Waals surface area contributed by atoms with Gasteiger partial charge in [0.25, 0.3) is 0 Å². The summed E-state index contributed by atoms with van der Waals surface area (Å²) < 4.78 is 27.2. The van der Waals surface area contributed by atoms with E-state index in [4.69, 9.17) is 5.26 Å². The fourth-order valence-electron chi connectivity index (χ4n) is 2.72. The Balaban J connectivity index is 2.32. The predicted molar refractivity (Wildman–Crippen MR) is 81.4 cm³/mol. The summed E-state index contributed by atoms with van der Waals surface area (Å²) in [5.41, 5.74) is 1.11. The van der Waals surface area contributed by atoms with Crippen molar-refractivity contribution in [2.75, 3.05) is 26.7 Å². The lowest BCUT2D eigenvalue weighted by Crippen LogP contribution is -2.52. The van der Waals surface area contributed by atoms with E-state index in [9.17, 15) is 8.42 Å². The average molecular weight is 307 g/mol. The van der Waals surface area contributed by atoms with Crippen molar-refractivity contribution in [3.63, 3.8) is 0 Å². The molecule has 1 unspecified atom stereocenters. The molecule has 1 fully saturated rings. The molecule has 1 aromatic rings. The van der Waals surface area contributed by atoms with Gasteiger partial charge >= 0.3 is 0 Å². The minimum atomic E-state index is -3.49. The van der Waals surface area contributed by atoms with Gasteiger partial charge < -0.3 is 4.90 Å². The van der Waals surface area contributed by atoms with E-state index in [-0.39, 0.29) is 6.04 Å². The van der Waals surface area contributed by atoms with Gasteiger partial charge in [0.1, 0.15) is 0 Å². The predicted octanol–water partition coefficient (Wildman–Crippen LogP) is 1.58. The van der Waals surface area contributed by atoms with Crippen LogP contribution in [0.4, 0.5) is 0 Å². The molecule has 0 bridgehead atoms. The molecule has 0 radical (unpaired) electrons. The standard InChI is InChI=1S/C15H21N3O2S/c1-4-14-11-18(8-7-17(14)3)21(19,20)15-6-5-13(10-16)9-12(15)2/h5-6,9,14H,4,7-8,11H2,1-3H3. The minimum Gasteiger partial charge on any atom is -0.301 e. The van der Waals surface area contributed by atoms with Crippen LogP contribution in [0.25, 0.3) is 0 Å². The van der Waals surface area contributed by atoms with Gasteiger partial charge in [-0.15, -0.1) is 0 Å². The summed E-state index contributed by atoms with van der Waals surface area (Å²) in [6, 6.07) is 7.02. The van der Waals surface area contributed by atoms with Gasteiger partial charge in [0.05, 0.1) is 16.5 Å². The van der Waals surface area contributed by atoms with Gasteiger partial charge in [-0.2, -0.15) is 9.57 Å². The fourth-order valence-corrected chi connectivity index (χ4v) is 4.40. The SMILES string of the molecule is CCC1CN(S(=O)(=O)c2ccc(C#N)cc2C)CCN1C. The van der Waals surface area contributed by atoms with E-state index in [1.165, 1.54) is 0 Å². The van der Waals surface area contributed by atoms with E-state index < -0.39 is 10.0 Å². The largest absolute Gasteiger partial charge is 0.301 e. The maximum Gasteiger partial charge on any atom is 0.243 e. The third-order valence-corrected chi connectivity index (χ3v) is 6.16. The molecule has 0 saturated carbocycles. The van der Waals surface area contributed by atoms with Crippen LogP contribution in [-0.2, 0) is 10.0 Å². The number of hydrogen-bond acceptors (Lipinski definition) is 4. The van der Waals surface area contributed by atoms with E-state index in [0.29, 0.717) is 29.1 Å². The molecule has 1 heterocycles. The normalized spacial score (nSPS) is 21.1. The molecule has 114 valence electrons. The zero-order valence-electron chi connectivity index (χ0n) is 12.7. The van der Waals surface area contributed by atoms with Gasteiger partial charge in [-0.3, -0.25) is 0 Å². The Kier molecular flexibility index (Phi) is 4.67. The van der Waals surface area contributed by atoms with Crippen LogP contribution in [0.1, 0.15) is 24.5 Å². The van der Waals surface area contributed by atoms with Crippen LogP contribution in [0.5, 0.6) is 0 Å². The Hall–Kier alpha value is -1.42. The van der Waals surface area contributed by atoms with Crippen molar-refractivity contribution in [2.24, 2.45) is 0 Å². The second-order valence-corrected chi connectivity index (χ2v) is 7.40. The number of sulfonamides is 1. The van der Waals surface area contributed by atoms with Crippen LogP contribution < -0.4 is 0 Å². The lowest BCUT2D eigenvalue weighted by molar-refractivity contribution is 0.144. The Bertz CT molecular complexity index is 664. The number of piperazine rings is 1. The molecule has 5 nitrogen and oxygen atoms in total. The molecular formula is C15H21N3O2S. The highest BCUT2D eigenvalue weighted by atomic mass is 32.2. The molecule has 6 heteroatoms. The highest BCUT2D eigenvalue weighted by molar-refractivity contribution is 7.89. The summed E-state index contributed by atoms with van der Waals surface area (Å²) in [7, 11) is -1.45. The van der Waals surface area contributed by atoms with Crippen molar-refractivity contribution in [1.29, 1.82) is 5.26 Å². The van der Waals surface area contributed by atoms with E-state index in [1.807, 2.05) is 13.1 Å². The Morgan fingerprint density at radius 2 is 2.10 bits per heavy atom. The number of nitrogens with zero attached hydrogens (tertiary/aromatic N) is 3. The molecule has 1 aliphatic rings. The van der Waals surface area contributed by atoms with Gasteiger partial charge in [-0.25, -0.2) is 8.42 Å². The quantitative estimate of drug-likeness (QED) is 0.850. The molecule has 0 aromatic heterocycles. The van der Waals surface area contributed by atoms with Gasteiger partial charge in [0.15, 0.2) is 0 Å². The summed E-state index contributed by atoms with van der Waals surface area (Å²) >= 11 is 0. The molecule has 1 aromatic carbocycles. The van der Waals surface area contributed by atoms with Gasteiger partial charge in [-0.1, -0.05) is 6.92 Å². The van der Waals surface area contributed by atoms with E-state index in [2.05, 4.69) is 11.8 Å². The minimum absolute atomic E-state index is 0.257. The zero-order chi connectivity index (χ0) is 15.6. The second kappa shape index (κ2) is 6.14. The topological polar surface area (TPSA) is 64.4 Å². The monoisotopic (exact) mass is 307 g/mol. The number of hydrogen-bond donors (Lipinski definition) is 0. The smallest absolute Gasteiger partial charge is 0.243 e. The molecule has 1 saturated heterocycles. The molecule has 0 aliphatic carbocycles. The lowest BCUT2D eigenvalue weighted by atomic mass is 10.1. The van der Waals surface area contributed by atoms with Gasteiger partial charge in [0.2, 0.25) is 10.0 Å². The third-order valence-electron chi connectivity index (χ3n) is 4.13. The van der Waals surface area contributed by atoms with E-state index in [1.54, 1.807) is 29.4 Å². The maximum absolute atomic E-state index is 12.8. The molecule has 2 rings (SSSR count). The first kappa shape index (κ1) is 16.0. The van der Waals surface area contributed by atoms with Crippen molar-refractivity contribution in [1.82, 2.24) is 9.21 Å². The van der Waals surface area contributed by atoms with Crippen LogP contribution in [0, 0.1) is 18.3 Å². The highest BCUT2D eigenvalue weighted by Crippen LogP contribution is 2.23. The lowest BCUT2D eigenvalue weighted by Gasteiger charge is -2.38. The number of benzene rings is 1. The molecule has 1 aliphatic heterocycles. The van der Waals surface area contributed by atoms with Crippen molar-refractivity contribution < 1.29 is 8.42 Å². The number of rotatable bonds is 3. The zero-order valence-corrected chi connectivity index (χ0v) is 13.5. The summed E-state index contributed by atoms with van der Waals surface area (Å²) in [5, 5.41) is 8.88. The first-order chi connectivity index (χ1) is 9.90. The van der Waals surface area contributed by atoms with Crippen LogP contribution >= 0.6 is 0 Å². The summed E-state index contributed by atoms with van der Waals surface area (Å²) in [4.78, 5) is 2.51. The van der Waals surface area contributed by atoms with E-state index in [0.717, 1.165) is 13.0 Å². The third kappa shape index (κ3) is 3.10. The Morgan fingerprint density at radius 1 is 1.38 bits per heavy atom. The number of likely N-dealkylation sites (N-methyl/N-ethyl adjacent to an activating group) is 1. The average Bonchev–Trinajstić information content (AvgIpc) is 2.47. The van der Waals surface area contributed by atoms with Gasteiger partial charge in [0, 0.05) is 25.7 Å². The summed E-state index contributed by atoms with van der Waals surface area (Å²) in [5.74, 6) is 0. The molecular weight excluding hydrogens is 286 g/mol. The van der Waals surface area contributed by atoms with E-state index >= 15 is 0 Å². The maximum atomic E-state index is 12.8. The molecule has 0 spiro atoms. The van der Waals surface area contributed by atoms with Crippen LogP contribution in [0.3, 0.4) is 0 Å². The fraction of sp³-hybridized carbons (Fsp3) is 0.533. The summed E-state index contributed by atoms with van der Waals surface area (Å²) in [6.07, 6.45) is 0.925. The second-order valence-electron chi connectivity index (χ2n) is 5.50. The Labute approximate surface area is 126 Å². The van der Waals surface area contributed by atoms with Crippen LogP contribution in [0.2, 0.25) is 0 Å². The number of aryl methyl sites for hydroxylation is 1. The first-order valence-electron chi connectivity index (χ1n) is 7.11. The highest BCUT2D eigenvalue weighted by Gasteiger charge is 2.32. The summed E-state index contributed by atoms with van der Waals surface area (Å²) in [6.45, 7) is 5.59. The van der Waals surface area contributed by atoms with Gasteiger partial charge in [-0.05, 0) is 44.2 Å². The van der Waals surface area contributed by atoms with Crippen molar-refractivity contribution in [3.05, 3.63) is 29.3 Å². The van der Waals surface area contributed by atoms with Crippen molar-refractivity contribution in [3.8, 4) is 6.07 Å². The molecule has 1 atom stereocenters. The van der Waals surface area contributed by atoms with Crippen LogP contribution in [0.15, 0.2) is 23.1 Å². The first-order valence-corrected chi connectivity index (χ1v) is 8.55. The number of nitriles is 1. The molecule has 0 N–H and O–H groups in total. The van der Waals surface area contributed by atoms with Crippen molar-refractivity contribution >= 4 is 10.0 Å². The van der Waals surface area contributed by atoms with Crippen molar-refractivity contribution in [2.45, 2.75) is 31.2 Å². The molecule has 0 amide bonds. The molecule has 21 heavy (non-hydrogen) atoms. The Morgan fingerprint density at radius 3 is 2.67 bits per heavy atom. The van der Waals surface area contributed by atoms with Crippen LogP contribution in [-0.4, -0.2) is 50.3 Å².